The van der Waals surface area contributed by atoms with Gasteiger partial charge in [-0.25, -0.2) is 4.79 Å². The Morgan fingerprint density at radius 1 is 1.11 bits per heavy atom. The number of carbonyl (C=O) groups excluding carboxylic acids is 2. The minimum absolute atomic E-state index is 0.142. The van der Waals surface area contributed by atoms with Crippen molar-refractivity contribution in [2.24, 2.45) is 28.8 Å². The number of benzene rings is 1. The third-order valence-corrected chi connectivity index (χ3v) is 5.77. The largest absolute Gasteiger partial charge is 0.478 e. The van der Waals surface area contributed by atoms with E-state index in [-0.39, 0.29) is 41.0 Å². The Bertz CT molecular complexity index is 1040. The van der Waals surface area contributed by atoms with Gasteiger partial charge in [-0.05, 0) is 42.5 Å². The maximum atomic E-state index is 12.6. The fourth-order valence-corrected chi connectivity index (χ4v) is 4.50. The molecule has 1 N–H and O–H groups in total. The number of carbonyl (C=O) groups is 3. The van der Waals surface area contributed by atoms with Gasteiger partial charge in [0.25, 0.3) is 11.8 Å². The molecule has 1 aliphatic heterocycles. The number of aromatic carboxylic acids is 1. The van der Waals surface area contributed by atoms with Gasteiger partial charge in [0.2, 0.25) is 0 Å². The molecule has 140 valence electrons. The molecule has 7 heteroatoms. The lowest BCUT2D eigenvalue weighted by molar-refractivity contribution is -0.140. The topological polar surface area (TPSA) is 100 Å². The first-order valence-corrected chi connectivity index (χ1v) is 9.06. The lowest BCUT2D eigenvalue weighted by atomic mass is 9.85. The lowest BCUT2D eigenvalue weighted by Gasteiger charge is -2.13. The molecule has 5 rings (SSSR count). The van der Waals surface area contributed by atoms with Crippen molar-refractivity contribution in [1.29, 1.82) is 0 Å². The van der Waals surface area contributed by atoms with Crippen LogP contribution >= 0.6 is 0 Å². The van der Waals surface area contributed by atoms with E-state index in [0.717, 1.165) is 11.4 Å². The number of amides is 2. The van der Waals surface area contributed by atoms with Gasteiger partial charge in [-0.1, -0.05) is 24.3 Å². The van der Waals surface area contributed by atoms with Gasteiger partial charge >= 0.3 is 5.97 Å². The van der Waals surface area contributed by atoms with Crippen molar-refractivity contribution in [2.75, 3.05) is 0 Å². The number of nitrogens with zero attached hydrogens (tertiary/aromatic N) is 2. The Morgan fingerprint density at radius 3 is 2.50 bits per heavy atom. The predicted molar refractivity (Wildman–Crippen MR) is 98.3 cm³/mol. The summed E-state index contributed by atoms with van der Waals surface area (Å²) in [6.07, 6.45) is 6.29. The van der Waals surface area contributed by atoms with Gasteiger partial charge < -0.3 is 9.52 Å². The fourth-order valence-electron chi connectivity index (χ4n) is 4.50. The summed E-state index contributed by atoms with van der Waals surface area (Å²) in [5, 5.41) is 14.1. The summed E-state index contributed by atoms with van der Waals surface area (Å²) in [7, 11) is 0. The van der Waals surface area contributed by atoms with E-state index < -0.39 is 5.97 Å². The smallest absolute Gasteiger partial charge is 0.335 e. The Hall–Kier alpha value is -3.48. The molecule has 0 spiro atoms. The summed E-state index contributed by atoms with van der Waals surface area (Å²) < 4.78 is 5.68. The number of fused-ring (bicyclic) bond motifs is 5. The predicted octanol–water partition coefficient (Wildman–Crippen LogP) is 2.79. The van der Waals surface area contributed by atoms with Crippen molar-refractivity contribution >= 4 is 24.0 Å². The van der Waals surface area contributed by atoms with E-state index in [0.29, 0.717) is 17.1 Å². The first-order chi connectivity index (χ1) is 13.5. The summed E-state index contributed by atoms with van der Waals surface area (Å²) in [4.78, 5) is 36.3. The van der Waals surface area contributed by atoms with Crippen LogP contribution in [0.2, 0.25) is 0 Å². The zero-order valence-electron chi connectivity index (χ0n) is 14.7. The van der Waals surface area contributed by atoms with E-state index in [2.05, 4.69) is 5.10 Å². The molecule has 0 radical (unpaired) electrons. The Morgan fingerprint density at radius 2 is 1.82 bits per heavy atom. The quantitative estimate of drug-likeness (QED) is 0.502. The highest BCUT2D eigenvalue weighted by molar-refractivity contribution is 6.06. The minimum Gasteiger partial charge on any atom is -0.478 e. The van der Waals surface area contributed by atoms with Crippen LogP contribution < -0.4 is 0 Å². The molecule has 3 aliphatic rings. The monoisotopic (exact) mass is 376 g/mol. The molecule has 2 fully saturated rings. The van der Waals surface area contributed by atoms with E-state index in [9.17, 15) is 14.4 Å². The molecular weight excluding hydrogens is 360 g/mol. The first kappa shape index (κ1) is 16.7. The minimum atomic E-state index is -1.02. The van der Waals surface area contributed by atoms with Crippen LogP contribution in [-0.4, -0.2) is 34.1 Å². The maximum Gasteiger partial charge on any atom is 0.335 e. The van der Waals surface area contributed by atoms with Crippen molar-refractivity contribution in [3.8, 4) is 11.3 Å². The Labute approximate surface area is 159 Å². The van der Waals surface area contributed by atoms with Crippen molar-refractivity contribution in [2.45, 2.75) is 6.42 Å². The highest BCUT2D eigenvalue weighted by Crippen LogP contribution is 2.52. The zero-order valence-corrected chi connectivity index (χ0v) is 14.7. The van der Waals surface area contributed by atoms with Crippen LogP contribution in [-0.2, 0) is 9.59 Å². The number of hydrogen-bond acceptors (Lipinski definition) is 5. The third kappa shape index (κ3) is 2.43. The van der Waals surface area contributed by atoms with Crippen LogP contribution in [0.4, 0.5) is 0 Å². The average molecular weight is 376 g/mol. The molecule has 1 aromatic heterocycles. The highest BCUT2D eigenvalue weighted by atomic mass is 16.4. The normalized spacial score (nSPS) is 27.9. The van der Waals surface area contributed by atoms with Crippen molar-refractivity contribution in [1.82, 2.24) is 5.01 Å². The van der Waals surface area contributed by atoms with E-state index in [4.69, 9.17) is 9.52 Å². The van der Waals surface area contributed by atoms with Crippen LogP contribution in [0.15, 0.2) is 58.1 Å². The van der Waals surface area contributed by atoms with Gasteiger partial charge in [0.05, 0.1) is 23.6 Å². The summed E-state index contributed by atoms with van der Waals surface area (Å²) in [5.41, 5.74) is 0.775. The van der Waals surface area contributed by atoms with Gasteiger partial charge in [0.1, 0.15) is 11.5 Å². The summed E-state index contributed by atoms with van der Waals surface area (Å²) in [6.45, 7) is 0. The van der Waals surface area contributed by atoms with Crippen LogP contribution in [0.1, 0.15) is 22.5 Å². The second-order valence-corrected chi connectivity index (χ2v) is 7.32. The molecule has 1 saturated heterocycles. The molecule has 2 amide bonds. The molecule has 28 heavy (non-hydrogen) atoms. The molecule has 1 saturated carbocycles. The number of hydrazone groups is 1. The van der Waals surface area contributed by atoms with Gasteiger partial charge in [-0.2, -0.15) is 10.1 Å². The Balaban J connectivity index is 1.36. The first-order valence-electron chi connectivity index (χ1n) is 9.06. The third-order valence-electron chi connectivity index (χ3n) is 5.77. The molecule has 2 heterocycles. The van der Waals surface area contributed by atoms with E-state index >= 15 is 0 Å². The van der Waals surface area contributed by atoms with Gasteiger partial charge in [0.15, 0.2) is 0 Å². The van der Waals surface area contributed by atoms with E-state index in [1.54, 1.807) is 24.3 Å². The molecule has 7 nitrogen and oxygen atoms in total. The summed E-state index contributed by atoms with van der Waals surface area (Å²) in [6, 6.07) is 9.74. The summed E-state index contributed by atoms with van der Waals surface area (Å²) in [5.74, 6) is -0.955. The Kier molecular flexibility index (Phi) is 3.58. The van der Waals surface area contributed by atoms with Crippen molar-refractivity contribution < 1.29 is 23.9 Å². The second kappa shape index (κ2) is 6.02. The molecule has 2 aromatic rings. The van der Waals surface area contributed by atoms with Gasteiger partial charge in [-0.15, -0.1) is 0 Å². The number of imide groups is 1. The number of hydrogen-bond donors (Lipinski definition) is 1. The maximum absolute atomic E-state index is 12.6. The van der Waals surface area contributed by atoms with E-state index in [1.165, 1.54) is 18.3 Å². The second-order valence-electron chi connectivity index (χ2n) is 7.32. The molecule has 2 bridgehead atoms. The highest BCUT2D eigenvalue weighted by Gasteiger charge is 2.59. The van der Waals surface area contributed by atoms with Crippen LogP contribution in [0.5, 0.6) is 0 Å². The number of carboxylic acids is 1. The molecule has 1 aromatic carbocycles. The van der Waals surface area contributed by atoms with Gasteiger partial charge in [0, 0.05) is 5.56 Å². The standard InChI is InChI=1S/C21H16N2O5/c24-19-17-12-4-5-13(9-12)18(17)20(25)23(19)22-10-15-6-7-16(28-15)11-2-1-3-14(8-11)21(26)27/h1-8,10,12-13,17-18H,9H2,(H,26,27). The summed E-state index contributed by atoms with van der Waals surface area (Å²) >= 11 is 0. The van der Waals surface area contributed by atoms with Crippen LogP contribution in [0, 0.1) is 23.7 Å². The van der Waals surface area contributed by atoms with Crippen LogP contribution in [0.25, 0.3) is 11.3 Å². The number of carboxylic acid groups (broad SMARTS) is 1. The number of furan rings is 1. The van der Waals surface area contributed by atoms with Crippen molar-refractivity contribution in [3.05, 3.63) is 59.9 Å². The van der Waals surface area contributed by atoms with Crippen molar-refractivity contribution in [3.63, 3.8) is 0 Å². The van der Waals surface area contributed by atoms with E-state index in [1.807, 2.05) is 12.2 Å². The van der Waals surface area contributed by atoms with Crippen LogP contribution in [0.3, 0.4) is 0 Å². The fraction of sp³-hybridized carbons (Fsp3) is 0.238. The number of rotatable bonds is 4. The lowest BCUT2D eigenvalue weighted by Crippen LogP contribution is -2.28. The zero-order chi connectivity index (χ0) is 19.4. The molecule has 4 unspecified atom stereocenters. The molecule has 2 aliphatic carbocycles. The molecule has 4 atom stereocenters. The van der Waals surface area contributed by atoms with Gasteiger partial charge in [-0.3, -0.25) is 9.59 Å². The number of allylic oxidation sites excluding steroid dienone is 2. The average Bonchev–Trinajstić information content (AvgIpc) is 3.46. The molecular formula is C21H16N2O5. The SMILES string of the molecule is O=C(O)c1cccc(-c2ccc(C=NN3C(=O)C4C5C=CC(C5)C4C3=O)o2)c1.